The smallest absolute Gasteiger partial charge is 0.270 e. The Kier molecular flexibility index (Phi) is 10.2. The molecule has 0 saturated carbocycles. The van der Waals surface area contributed by atoms with E-state index in [-0.39, 0.29) is 24.2 Å². The van der Waals surface area contributed by atoms with Crippen molar-refractivity contribution in [3.63, 3.8) is 0 Å². The molecule has 0 radical (unpaired) electrons. The highest BCUT2D eigenvalue weighted by atomic mass is 32.2. The fraction of sp³-hybridized carbons (Fsp3) is 0.250. The van der Waals surface area contributed by atoms with Crippen molar-refractivity contribution in [1.29, 1.82) is 0 Å². The van der Waals surface area contributed by atoms with Gasteiger partial charge in [0.05, 0.1) is 23.6 Å². The molecule has 2 atom stereocenters. The van der Waals surface area contributed by atoms with Gasteiger partial charge in [-0.3, -0.25) is 4.79 Å². The Hall–Kier alpha value is -4.83. The zero-order chi connectivity index (χ0) is 34.5. The molecule has 0 aliphatic carbocycles. The van der Waals surface area contributed by atoms with E-state index >= 15 is 0 Å². The molecule has 0 spiro atoms. The minimum Gasteiger partial charge on any atom is -0.497 e. The first kappa shape index (κ1) is 34.0. The third kappa shape index (κ3) is 7.75. The fourth-order valence-corrected chi connectivity index (χ4v) is 7.43. The highest BCUT2D eigenvalue weighted by Crippen LogP contribution is 2.44. The van der Waals surface area contributed by atoms with Gasteiger partial charge in [0.15, 0.2) is 0 Å². The lowest BCUT2D eigenvalue weighted by atomic mass is 9.94. The third-order valence-corrected chi connectivity index (χ3v) is 10.3. The second kappa shape index (κ2) is 14.7. The molecule has 2 N–H and O–H groups in total. The van der Waals surface area contributed by atoms with Gasteiger partial charge in [-0.15, -0.1) is 0 Å². The molecule has 4 aromatic carbocycles. The standard InChI is InChI=1S/C40H41N3O5S/c1-40(2,3)49(46)43-26-31-24-35(39(45)41-25-27-16-18-33(19-17-27)48-32-13-6-5-7-14-32)42-38(37(31)36(43)20-21-44)30-12-8-10-28(22-30)29-11-9-15-34(23-29)47-4/h5-19,22-24,36,44H,20-21,25-26H2,1-4H3,(H,41,45)/t36-,49?/m1/s1. The Morgan fingerprint density at radius 2 is 1.53 bits per heavy atom. The van der Waals surface area contributed by atoms with Crippen molar-refractivity contribution in [3.05, 3.63) is 132 Å². The summed E-state index contributed by atoms with van der Waals surface area (Å²) in [6.07, 6.45) is 0.384. The molecule has 2 heterocycles. The number of pyridine rings is 1. The van der Waals surface area contributed by atoms with Gasteiger partial charge in [-0.05, 0) is 98.0 Å². The average Bonchev–Trinajstić information content (AvgIpc) is 3.48. The summed E-state index contributed by atoms with van der Waals surface area (Å²) in [6.45, 7) is 6.42. The molecular weight excluding hydrogens is 635 g/mol. The molecule has 8 nitrogen and oxygen atoms in total. The van der Waals surface area contributed by atoms with Crippen LogP contribution in [0.2, 0.25) is 0 Å². The number of benzene rings is 4. The highest BCUT2D eigenvalue weighted by Gasteiger charge is 2.40. The van der Waals surface area contributed by atoms with Crippen molar-refractivity contribution in [3.8, 4) is 39.6 Å². The molecule has 1 aliphatic rings. The Bertz CT molecular complexity index is 1960. The van der Waals surface area contributed by atoms with Gasteiger partial charge in [-0.1, -0.05) is 60.7 Å². The molecule has 0 fully saturated rings. The molecule has 1 aliphatic heterocycles. The number of rotatable bonds is 11. The van der Waals surface area contributed by atoms with Crippen LogP contribution < -0.4 is 14.8 Å². The van der Waals surface area contributed by atoms with Crippen LogP contribution in [0.5, 0.6) is 17.2 Å². The molecule has 9 heteroatoms. The van der Waals surface area contributed by atoms with Gasteiger partial charge in [-0.25, -0.2) is 13.5 Å². The zero-order valence-electron chi connectivity index (χ0n) is 28.2. The monoisotopic (exact) mass is 675 g/mol. The summed E-state index contributed by atoms with van der Waals surface area (Å²) in [4.78, 5) is 18.7. The molecular formula is C40H41N3O5S. The summed E-state index contributed by atoms with van der Waals surface area (Å²) < 4.78 is 26.6. The minimum atomic E-state index is -1.36. The van der Waals surface area contributed by atoms with E-state index in [4.69, 9.17) is 14.5 Å². The lowest BCUT2D eigenvalue weighted by Gasteiger charge is -2.30. The number of nitrogens with zero attached hydrogens (tertiary/aromatic N) is 2. The second-order valence-electron chi connectivity index (χ2n) is 12.9. The number of hydrogen-bond donors (Lipinski definition) is 2. The molecule has 5 aromatic rings. The van der Waals surface area contributed by atoms with Gasteiger partial charge in [0.1, 0.15) is 33.9 Å². The number of para-hydroxylation sites is 1. The number of aliphatic hydroxyl groups is 1. The van der Waals surface area contributed by atoms with Crippen LogP contribution in [0.3, 0.4) is 0 Å². The quantitative estimate of drug-likeness (QED) is 0.148. The molecule has 0 saturated heterocycles. The van der Waals surface area contributed by atoms with Gasteiger partial charge < -0.3 is 19.9 Å². The lowest BCUT2D eigenvalue weighted by Crippen LogP contribution is -2.36. The number of carbonyl (C=O) groups is 1. The summed E-state index contributed by atoms with van der Waals surface area (Å²) >= 11 is 0. The van der Waals surface area contributed by atoms with Crippen LogP contribution in [0.15, 0.2) is 109 Å². The molecule has 1 amide bonds. The van der Waals surface area contributed by atoms with Crippen LogP contribution in [-0.4, -0.2) is 43.0 Å². The number of carbonyl (C=O) groups excluding carboxylic acids is 1. The summed E-state index contributed by atoms with van der Waals surface area (Å²) in [6, 6.07) is 34.5. The molecule has 1 unspecified atom stereocenters. The van der Waals surface area contributed by atoms with Crippen molar-refractivity contribution in [2.45, 2.75) is 51.1 Å². The van der Waals surface area contributed by atoms with Crippen LogP contribution in [-0.2, 0) is 24.1 Å². The normalized spacial score (nSPS) is 15.0. The molecule has 49 heavy (non-hydrogen) atoms. The van der Waals surface area contributed by atoms with Crippen LogP contribution in [0.1, 0.15) is 60.4 Å². The number of aromatic nitrogens is 1. The third-order valence-electron chi connectivity index (χ3n) is 8.42. The Labute approximate surface area is 290 Å². The molecule has 252 valence electrons. The summed E-state index contributed by atoms with van der Waals surface area (Å²) in [5, 5.41) is 13.2. The Balaban J connectivity index is 1.33. The van der Waals surface area contributed by atoms with Gasteiger partial charge in [0.25, 0.3) is 5.91 Å². The first-order valence-corrected chi connectivity index (χ1v) is 17.4. The van der Waals surface area contributed by atoms with Crippen LogP contribution in [0.4, 0.5) is 0 Å². The van der Waals surface area contributed by atoms with Crippen LogP contribution in [0.25, 0.3) is 22.4 Å². The van der Waals surface area contributed by atoms with E-state index < -0.39 is 15.7 Å². The summed E-state index contributed by atoms with van der Waals surface area (Å²) in [7, 11) is 0.278. The lowest BCUT2D eigenvalue weighted by molar-refractivity contribution is 0.0946. The maximum absolute atomic E-state index is 13.8. The van der Waals surface area contributed by atoms with Crippen molar-refractivity contribution in [2.24, 2.45) is 0 Å². The van der Waals surface area contributed by atoms with Crippen molar-refractivity contribution in [2.75, 3.05) is 13.7 Å². The zero-order valence-corrected chi connectivity index (χ0v) is 29.0. The number of ether oxygens (including phenoxy) is 2. The Morgan fingerprint density at radius 3 is 2.22 bits per heavy atom. The maximum atomic E-state index is 13.8. The second-order valence-corrected chi connectivity index (χ2v) is 15.1. The van der Waals surface area contributed by atoms with E-state index in [1.54, 1.807) is 13.2 Å². The first-order chi connectivity index (χ1) is 23.6. The van der Waals surface area contributed by atoms with E-state index in [1.165, 1.54) is 0 Å². The van der Waals surface area contributed by atoms with Crippen LogP contribution >= 0.6 is 0 Å². The van der Waals surface area contributed by atoms with Gasteiger partial charge in [-0.2, -0.15) is 0 Å². The van der Waals surface area contributed by atoms with Crippen molar-refractivity contribution >= 4 is 16.9 Å². The molecule has 6 rings (SSSR count). The number of aliphatic hydroxyl groups excluding tert-OH is 1. The largest absolute Gasteiger partial charge is 0.497 e. The SMILES string of the molecule is COc1cccc(-c2cccc(-c3nc(C(=O)NCc4ccc(Oc5ccccc5)cc4)cc4c3[C@@H](CCO)N(S(=O)C(C)(C)C)C4)c2)c1. The Morgan fingerprint density at radius 1 is 0.878 bits per heavy atom. The number of nitrogens with one attached hydrogen (secondary N) is 1. The van der Waals surface area contributed by atoms with Gasteiger partial charge in [0.2, 0.25) is 0 Å². The topological polar surface area (TPSA) is 101 Å². The van der Waals surface area contributed by atoms with E-state index in [9.17, 15) is 14.1 Å². The fourth-order valence-electron chi connectivity index (χ4n) is 6.03. The maximum Gasteiger partial charge on any atom is 0.270 e. The number of fused-ring (bicyclic) bond motifs is 1. The summed E-state index contributed by atoms with van der Waals surface area (Å²) in [5.74, 6) is 1.90. The minimum absolute atomic E-state index is 0.0807. The highest BCUT2D eigenvalue weighted by molar-refractivity contribution is 7.84. The van der Waals surface area contributed by atoms with Gasteiger partial charge >= 0.3 is 0 Å². The predicted octanol–water partition coefficient (Wildman–Crippen LogP) is 7.85. The van der Waals surface area contributed by atoms with E-state index in [0.29, 0.717) is 31.0 Å². The first-order valence-electron chi connectivity index (χ1n) is 16.3. The van der Waals surface area contributed by atoms with Crippen molar-refractivity contribution < 1.29 is 23.6 Å². The van der Waals surface area contributed by atoms with Crippen LogP contribution in [0, 0.1) is 0 Å². The molecule has 1 aromatic heterocycles. The number of amides is 1. The predicted molar refractivity (Wildman–Crippen MR) is 194 cm³/mol. The van der Waals surface area contributed by atoms with Gasteiger partial charge in [0, 0.05) is 30.8 Å². The van der Waals surface area contributed by atoms with E-state index in [1.807, 2.05) is 122 Å². The number of hydrogen-bond acceptors (Lipinski definition) is 6. The number of methoxy groups -OCH3 is 1. The summed E-state index contributed by atoms with van der Waals surface area (Å²) in [5.41, 5.74) is 6.36. The van der Waals surface area contributed by atoms with Crippen molar-refractivity contribution in [1.82, 2.24) is 14.6 Å². The van der Waals surface area contributed by atoms with E-state index in [2.05, 4.69) is 11.4 Å². The average molecular weight is 676 g/mol. The van der Waals surface area contributed by atoms with E-state index in [0.717, 1.165) is 44.9 Å². The molecule has 0 bridgehead atoms.